The van der Waals surface area contributed by atoms with Gasteiger partial charge in [0.25, 0.3) is 11.1 Å². The average Bonchev–Trinajstić information content (AvgIpc) is 3.06. The number of rotatable bonds is 8. The third kappa shape index (κ3) is 6.22. The van der Waals surface area contributed by atoms with E-state index in [4.69, 9.17) is 9.47 Å². The molecule has 0 spiro atoms. The van der Waals surface area contributed by atoms with Crippen LogP contribution in [0.5, 0.6) is 11.5 Å². The second kappa shape index (κ2) is 10.8. The fraction of sp³-hybridized carbons (Fsp3) is 0.261. The zero-order chi connectivity index (χ0) is 26.6. The van der Waals surface area contributed by atoms with Gasteiger partial charge in [-0.2, -0.15) is 13.2 Å². The van der Waals surface area contributed by atoms with E-state index in [9.17, 15) is 37.7 Å². The number of halogens is 3. The molecule has 0 aliphatic carbocycles. The summed E-state index contributed by atoms with van der Waals surface area (Å²) in [6.07, 6.45) is -3.32. The van der Waals surface area contributed by atoms with Gasteiger partial charge in [-0.25, -0.2) is 0 Å². The summed E-state index contributed by atoms with van der Waals surface area (Å²) in [4.78, 5) is 48.1. The van der Waals surface area contributed by atoms with Crippen molar-refractivity contribution in [3.63, 3.8) is 0 Å². The van der Waals surface area contributed by atoms with Gasteiger partial charge in [-0.05, 0) is 49.4 Å². The summed E-state index contributed by atoms with van der Waals surface area (Å²) >= 11 is 0.573. The van der Waals surface area contributed by atoms with Gasteiger partial charge in [0.2, 0.25) is 5.75 Å². The first-order valence-electron chi connectivity index (χ1n) is 10.5. The van der Waals surface area contributed by atoms with Crippen LogP contribution in [0.25, 0.3) is 6.08 Å². The van der Waals surface area contributed by atoms with Crippen LogP contribution in [0.3, 0.4) is 0 Å². The van der Waals surface area contributed by atoms with Crippen LogP contribution >= 0.6 is 11.8 Å². The Bertz CT molecular complexity index is 1250. The Hall–Kier alpha value is -3.87. The molecule has 1 fully saturated rings. The number of nitrogens with zero attached hydrogens (tertiary/aromatic N) is 2. The van der Waals surface area contributed by atoms with Crippen LogP contribution in [0.15, 0.2) is 47.4 Å². The number of alkyl halides is 3. The van der Waals surface area contributed by atoms with Crippen molar-refractivity contribution >= 4 is 40.6 Å². The molecule has 1 aliphatic rings. The number of esters is 1. The molecule has 1 aliphatic heterocycles. The molecule has 1 heterocycles. The van der Waals surface area contributed by atoms with Gasteiger partial charge in [-0.3, -0.25) is 29.4 Å². The second-order valence-electron chi connectivity index (χ2n) is 7.55. The molecule has 3 rings (SSSR count). The van der Waals surface area contributed by atoms with Gasteiger partial charge in [-0.1, -0.05) is 25.1 Å². The molecule has 9 nitrogen and oxygen atoms in total. The zero-order valence-electron chi connectivity index (χ0n) is 18.9. The quantitative estimate of drug-likeness (QED) is 0.185. The molecule has 0 radical (unpaired) electrons. The minimum atomic E-state index is -4.79. The first-order valence-corrected chi connectivity index (χ1v) is 11.3. The standard InChI is InChI=1S/C23H19F3N2O7S/c1-3-13(2)34-20(29)12-27-21(30)19(36-22(27)31)10-14-6-4-5-7-17(14)35-18-9-8-15(23(24,25)26)11-16(18)28(32)33/h4-11,13H,3,12H2,1-2H3/b19-10+/t13-/m1/s1. The monoisotopic (exact) mass is 524 g/mol. The minimum Gasteiger partial charge on any atom is -0.461 e. The maximum absolute atomic E-state index is 13.0. The number of nitro benzene ring substituents is 1. The van der Waals surface area contributed by atoms with Crippen molar-refractivity contribution in [2.45, 2.75) is 32.5 Å². The van der Waals surface area contributed by atoms with Gasteiger partial charge in [0.05, 0.1) is 21.5 Å². The summed E-state index contributed by atoms with van der Waals surface area (Å²) in [6.45, 7) is 2.91. The highest BCUT2D eigenvalue weighted by Gasteiger charge is 2.37. The number of thioether (sulfide) groups is 1. The molecule has 2 aromatic carbocycles. The third-order valence-corrected chi connectivity index (χ3v) is 5.88. The molecule has 2 amide bonds. The highest BCUT2D eigenvalue weighted by molar-refractivity contribution is 8.18. The topological polar surface area (TPSA) is 116 Å². The largest absolute Gasteiger partial charge is 0.461 e. The Balaban J connectivity index is 1.87. The number of nitro groups is 1. The molecule has 190 valence electrons. The first kappa shape index (κ1) is 26.7. The molecule has 2 aromatic rings. The number of ether oxygens (including phenoxy) is 2. The number of benzene rings is 2. The number of carbonyl (C=O) groups is 3. The number of hydrogen-bond acceptors (Lipinski definition) is 8. The average molecular weight is 524 g/mol. The molecule has 36 heavy (non-hydrogen) atoms. The van der Waals surface area contributed by atoms with E-state index in [0.717, 1.165) is 11.0 Å². The summed E-state index contributed by atoms with van der Waals surface area (Å²) in [6, 6.07) is 7.79. The van der Waals surface area contributed by atoms with Gasteiger partial charge in [0.1, 0.15) is 12.3 Å². The lowest BCUT2D eigenvalue weighted by atomic mass is 10.1. The first-order chi connectivity index (χ1) is 16.9. The van der Waals surface area contributed by atoms with E-state index in [2.05, 4.69) is 0 Å². The third-order valence-electron chi connectivity index (χ3n) is 4.98. The molecule has 0 bridgehead atoms. The maximum Gasteiger partial charge on any atom is 0.416 e. The Morgan fingerprint density at radius 2 is 1.89 bits per heavy atom. The Morgan fingerprint density at radius 1 is 1.19 bits per heavy atom. The summed E-state index contributed by atoms with van der Waals surface area (Å²) in [5.74, 6) is -1.95. The van der Waals surface area contributed by atoms with Crippen LogP contribution in [0.4, 0.5) is 23.7 Å². The SMILES string of the molecule is CC[C@@H](C)OC(=O)CN1C(=O)S/C(=C/c2ccccc2Oc2ccc(C(F)(F)F)cc2[N+](=O)[O-])C1=O. The molecule has 0 unspecified atom stereocenters. The highest BCUT2D eigenvalue weighted by Crippen LogP contribution is 2.40. The van der Waals surface area contributed by atoms with Gasteiger partial charge < -0.3 is 9.47 Å². The summed E-state index contributed by atoms with van der Waals surface area (Å²) in [7, 11) is 0. The van der Waals surface area contributed by atoms with Crippen molar-refractivity contribution in [3.05, 3.63) is 68.6 Å². The van der Waals surface area contributed by atoms with E-state index in [0.29, 0.717) is 30.3 Å². The lowest BCUT2D eigenvalue weighted by molar-refractivity contribution is -0.385. The van der Waals surface area contributed by atoms with Crippen molar-refractivity contribution in [1.82, 2.24) is 4.90 Å². The zero-order valence-corrected chi connectivity index (χ0v) is 19.7. The van der Waals surface area contributed by atoms with E-state index >= 15 is 0 Å². The van der Waals surface area contributed by atoms with Crippen molar-refractivity contribution < 1.29 is 42.0 Å². The van der Waals surface area contributed by atoms with E-state index in [1.54, 1.807) is 19.9 Å². The van der Waals surface area contributed by atoms with Gasteiger partial charge in [-0.15, -0.1) is 0 Å². The van der Waals surface area contributed by atoms with Gasteiger partial charge >= 0.3 is 17.8 Å². The molecule has 0 aromatic heterocycles. The fourth-order valence-corrected chi connectivity index (χ4v) is 3.81. The Morgan fingerprint density at radius 3 is 2.53 bits per heavy atom. The lowest BCUT2D eigenvalue weighted by Crippen LogP contribution is -2.35. The molecular weight excluding hydrogens is 505 g/mol. The van der Waals surface area contributed by atoms with Crippen molar-refractivity contribution in [2.24, 2.45) is 0 Å². The summed E-state index contributed by atoms with van der Waals surface area (Å²) in [5.41, 5.74) is -1.89. The second-order valence-corrected chi connectivity index (χ2v) is 8.55. The molecule has 1 saturated heterocycles. The van der Waals surface area contributed by atoms with E-state index in [1.807, 2.05) is 0 Å². The van der Waals surface area contributed by atoms with Crippen LogP contribution in [0.1, 0.15) is 31.4 Å². The molecule has 0 N–H and O–H groups in total. The molecule has 1 atom stereocenters. The van der Waals surface area contributed by atoms with Crippen molar-refractivity contribution in [3.8, 4) is 11.5 Å². The Labute approximate surface area is 207 Å². The van der Waals surface area contributed by atoms with Crippen LogP contribution in [0, 0.1) is 10.1 Å². The predicted molar refractivity (Wildman–Crippen MR) is 123 cm³/mol. The number of carbonyl (C=O) groups excluding carboxylic acids is 3. The fourth-order valence-electron chi connectivity index (χ4n) is 2.99. The normalized spacial score (nSPS) is 15.8. The summed E-state index contributed by atoms with van der Waals surface area (Å²) < 4.78 is 49.6. The molecule has 13 heteroatoms. The molecular formula is C23H19F3N2O7S. The minimum absolute atomic E-state index is 0.0108. The van der Waals surface area contributed by atoms with Crippen LogP contribution in [-0.2, 0) is 20.5 Å². The van der Waals surface area contributed by atoms with E-state index < -0.39 is 51.8 Å². The number of imide groups is 1. The predicted octanol–water partition coefficient (Wildman–Crippen LogP) is 5.78. The van der Waals surface area contributed by atoms with Crippen LogP contribution in [-0.4, -0.2) is 39.6 Å². The number of para-hydroxylation sites is 1. The smallest absolute Gasteiger partial charge is 0.416 e. The Kier molecular flexibility index (Phi) is 8.03. The van der Waals surface area contributed by atoms with E-state index in [1.165, 1.54) is 24.3 Å². The van der Waals surface area contributed by atoms with Gasteiger partial charge in [0, 0.05) is 11.6 Å². The highest BCUT2D eigenvalue weighted by atomic mass is 32.2. The molecule has 0 saturated carbocycles. The number of hydrogen-bond donors (Lipinski definition) is 0. The van der Waals surface area contributed by atoms with Gasteiger partial charge in [0.15, 0.2) is 0 Å². The van der Waals surface area contributed by atoms with Crippen molar-refractivity contribution in [2.75, 3.05) is 6.54 Å². The van der Waals surface area contributed by atoms with E-state index in [-0.39, 0.29) is 22.3 Å². The maximum atomic E-state index is 13.0. The van der Waals surface area contributed by atoms with Crippen LogP contribution in [0.2, 0.25) is 0 Å². The van der Waals surface area contributed by atoms with Crippen LogP contribution < -0.4 is 4.74 Å². The van der Waals surface area contributed by atoms with Crippen molar-refractivity contribution in [1.29, 1.82) is 0 Å². The lowest BCUT2D eigenvalue weighted by Gasteiger charge is -2.15. The number of amides is 2. The summed E-state index contributed by atoms with van der Waals surface area (Å²) in [5, 5.41) is 10.7.